The van der Waals surface area contributed by atoms with Crippen LogP contribution in [0, 0.1) is 6.92 Å². The molecule has 0 aliphatic carbocycles. The van der Waals surface area contributed by atoms with Crippen LogP contribution in [0.15, 0.2) is 48.5 Å². The second-order valence-electron chi connectivity index (χ2n) is 5.88. The number of aromatic nitrogens is 2. The standard InChI is InChI=1S/C19H15F4N3O3/c1-10-8-13(29-19(22)23)6-7-14(10)24-17(27)16-9-15(25-26-16)11-2-4-12(5-3-11)28-18(20)21/h2-9,18-19H,1H3,(H,24,27)(H,25,26). The van der Waals surface area contributed by atoms with Gasteiger partial charge in [0.2, 0.25) is 0 Å². The minimum Gasteiger partial charge on any atom is -0.435 e. The molecule has 0 unspecified atom stereocenters. The molecule has 0 fully saturated rings. The molecule has 0 spiro atoms. The van der Waals surface area contributed by atoms with E-state index in [0.29, 0.717) is 22.5 Å². The van der Waals surface area contributed by atoms with E-state index in [1.165, 1.54) is 48.5 Å². The highest BCUT2D eigenvalue weighted by Gasteiger charge is 2.14. The van der Waals surface area contributed by atoms with Gasteiger partial charge in [-0.15, -0.1) is 0 Å². The Morgan fingerprint density at radius 2 is 1.59 bits per heavy atom. The molecule has 0 aliphatic heterocycles. The molecule has 3 rings (SSSR count). The van der Waals surface area contributed by atoms with Crippen LogP contribution in [0.2, 0.25) is 0 Å². The zero-order valence-electron chi connectivity index (χ0n) is 15.0. The van der Waals surface area contributed by atoms with Crippen molar-refractivity contribution in [3.63, 3.8) is 0 Å². The summed E-state index contributed by atoms with van der Waals surface area (Å²) in [6.45, 7) is -4.22. The molecule has 0 atom stereocenters. The van der Waals surface area contributed by atoms with Crippen LogP contribution in [-0.4, -0.2) is 29.3 Å². The first-order valence-corrected chi connectivity index (χ1v) is 8.29. The molecule has 1 aromatic heterocycles. The molecule has 2 N–H and O–H groups in total. The van der Waals surface area contributed by atoms with Crippen molar-refractivity contribution in [2.24, 2.45) is 0 Å². The SMILES string of the molecule is Cc1cc(OC(F)F)ccc1NC(=O)c1cc(-c2ccc(OC(F)F)cc2)n[nH]1. The Hall–Kier alpha value is -3.56. The highest BCUT2D eigenvalue weighted by Crippen LogP contribution is 2.25. The number of rotatable bonds is 7. The van der Waals surface area contributed by atoms with Crippen LogP contribution in [0.1, 0.15) is 16.1 Å². The lowest BCUT2D eigenvalue weighted by atomic mass is 10.1. The van der Waals surface area contributed by atoms with Crippen LogP contribution >= 0.6 is 0 Å². The first kappa shape index (κ1) is 20.2. The van der Waals surface area contributed by atoms with Gasteiger partial charge in [0.1, 0.15) is 17.2 Å². The van der Waals surface area contributed by atoms with Crippen LogP contribution in [0.25, 0.3) is 11.3 Å². The first-order valence-electron chi connectivity index (χ1n) is 8.29. The number of aromatic amines is 1. The van der Waals surface area contributed by atoms with Gasteiger partial charge in [-0.3, -0.25) is 9.89 Å². The third-order valence-corrected chi connectivity index (χ3v) is 3.87. The fourth-order valence-corrected chi connectivity index (χ4v) is 2.54. The molecule has 2 aromatic carbocycles. The number of ether oxygens (including phenoxy) is 2. The van der Waals surface area contributed by atoms with Gasteiger partial charge in [0.15, 0.2) is 0 Å². The van der Waals surface area contributed by atoms with Crippen molar-refractivity contribution < 1.29 is 31.8 Å². The molecule has 0 saturated heterocycles. The zero-order chi connectivity index (χ0) is 21.0. The lowest BCUT2D eigenvalue weighted by Gasteiger charge is -2.10. The number of anilines is 1. The van der Waals surface area contributed by atoms with Crippen LogP contribution in [0.4, 0.5) is 23.2 Å². The number of hydrogen-bond donors (Lipinski definition) is 2. The maximum atomic E-state index is 12.4. The van der Waals surface area contributed by atoms with Gasteiger partial charge in [0.05, 0.1) is 5.69 Å². The highest BCUT2D eigenvalue weighted by molar-refractivity contribution is 6.03. The monoisotopic (exact) mass is 409 g/mol. The van der Waals surface area contributed by atoms with Gasteiger partial charge >= 0.3 is 13.2 Å². The van der Waals surface area contributed by atoms with Crippen LogP contribution in [0.5, 0.6) is 11.5 Å². The van der Waals surface area contributed by atoms with E-state index < -0.39 is 19.1 Å². The number of carbonyl (C=O) groups excluding carboxylic acids is 1. The number of H-pyrrole nitrogens is 1. The molecule has 6 nitrogen and oxygen atoms in total. The highest BCUT2D eigenvalue weighted by atomic mass is 19.3. The molecule has 1 heterocycles. The largest absolute Gasteiger partial charge is 0.435 e. The van der Waals surface area contributed by atoms with Gasteiger partial charge in [-0.05, 0) is 61.0 Å². The maximum Gasteiger partial charge on any atom is 0.387 e. The summed E-state index contributed by atoms with van der Waals surface area (Å²) in [7, 11) is 0. The van der Waals surface area contributed by atoms with E-state index in [0.717, 1.165) is 0 Å². The van der Waals surface area contributed by atoms with E-state index in [2.05, 4.69) is 25.0 Å². The Labute approximate surface area is 162 Å². The van der Waals surface area contributed by atoms with Crippen LogP contribution in [0.3, 0.4) is 0 Å². The van der Waals surface area contributed by atoms with Gasteiger partial charge in [0, 0.05) is 11.3 Å². The van der Waals surface area contributed by atoms with Crippen molar-refractivity contribution >= 4 is 11.6 Å². The Morgan fingerprint density at radius 3 is 2.21 bits per heavy atom. The predicted octanol–water partition coefficient (Wildman–Crippen LogP) is 4.84. The Bertz CT molecular complexity index is 991. The maximum absolute atomic E-state index is 12.4. The molecule has 152 valence electrons. The average Bonchev–Trinajstić information content (AvgIpc) is 3.14. The number of benzene rings is 2. The summed E-state index contributed by atoms with van der Waals surface area (Å²) in [4.78, 5) is 12.4. The van der Waals surface area contributed by atoms with Crippen LogP contribution < -0.4 is 14.8 Å². The summed E-state index contributed by atoms with van der Waals surface area (Å²) in [5.74, 6) is -0.502. The molecule has 29 heavy (non-hydrogen) atoms. The number of aryl methyl sites for hydroxylation is 1. The Kier molecular flexibility index (Phi) is 6.01. The van der Waals surface area contributed by atoms with E-state index in [1.807, 2.05) is 0 Å². The van der Waals surface area contributed by atoms with Gasteiger partial charge in [0.25, 0.3) is 5.91 Å². The van der Waals surface area contributed by atoms with Crippen molar-refractivity contribution in [2.75, 3.05) is 5.32 Å². The van der Waals surface area contributed by atoms with Crippen molar-refractivity contribution in [1.82, 2.24) is 10.2 Å². The minimum atomic E-state index is -2.94. The Morgan fingerprint density at radius 1 is 0.966 bits per heavy atom. The summed E-state index contributed by atoms with van der Waals surface area (Å²) < 4.78 is 57.5. The minimum absolute atomic E-state index is 0.00648. The predicted molar refractivity (Wildman–Crippen MR) is 96.4 cm³/mol. The average molecular weight is 409 g/mol. The van der Waals surface area contributed by atoms with Crippen LogP contribution in [-0.2, 0) is 0 Å². The van der Waals surface area contributed by atoms with Gasteiger partial charge < -0.3 is 14.8 Å². The van der Waals surface area contributed by atoms with Crippen molar-refractivity contribution in [3.8, 4) is 22.8 Å². The molecule has 3 aromatic rings. The third kappa shape index (κ3) is 5.24. The molecule has 0 bridgehead atoms. The molecule has 0 aliphatic rings. The van der Waals surface area contributed by atoms with E-state index in [-0.39, 0.29) is 17.2 Å². The Balaban J connectivity index is 1.69. The second kappa shape index (κ2) is 8.63. The van der Waals surface area contributed by atoms with Gasteiger partial charge in [-0.2, -0.15) is 22.7 Å². The quantitative estimate of drug-likeness (QED) is 0.548. The fraction of sp³-hybridized carbons (Fsp3) is 0.158. The first-order chi connectivity index (χ1) is 13.8. The molecule has 0 radical (unpaired) electrons. The van der Waals surface area contributed by atoms with Gasteiger partial charge in [-0.1, -0.05) is 0 Å². The summed E-state index contributed by atoms with van der Waals surface area (Å²) in [6, 6.07) is 11.4. The molecule has 0 saturated carbocycles. The number of amides is 1. The number of alkyl halides is 4. The summed E-state index contributed by atoms with van der Waals surface area (Å²) in [6.07, 6.45) is 0. The zero-order valence-corrected chi connectivity index (χ0v) is 15.0. The summed E-state index contributed by atoms with van der Waals surface area (Å²) >= 11 is 0. The van der Waals surface area contributed by atoms with Crippen molar-refractivity contribution in [2.45, 2.75) is 20.1 Å². The normalized spacial score (nSPS) is 11.0. The van der Waals surface area contributed by atoms with Gasteiger partial charge in [-0.25, -0.2) is 0 Å². The van der Waals surface area contributed by atoms with E-state index >= 15 is 0 Å². The van der Waals surface area contributed by atoms with Crippen molar-refractivity contribution in [3.05, 3.63) is 59.8 Å². The number of nitrogens with one attached hydrogen (secondary N) is 2. The lowest BCUT2D eigenvalue weighted by Crippen LogP contribution is -2.13. The number of hydrogen-bond acceptors (Lipinski definition) is 4. The summed E-state index contributed by atoms with van der Waals surface area (Å²) in [5.41, 5.74) is 2.12. The topological polar surface area (TPSA) is 76.2 Å². The van der Waals surface area contributed by atoms with E-state index in [9.17, 15) is 22.4 Å². The van der Waals surface area contributed by atoms with Crippen molar-refractivity contribution in [1.29, 1.82) is 0 Å². The number of nitrogens with zero attached hydrogens (tertiary/aromatic N) is 1. The third-order valence-electron chi connectivity index (χ3n) is 3.87. The van der Waals surface area contributed by atoms with E-state index in [4.69, 9.17) is 0 Å². The second-order valence-corrected chi connectivity index (χ2v) is 5.88. The van der Waals surface area contributed by atoms with E-state index in [1.54, 1.807) is 6.92 Å². The molecular weight excluding hydrogens is 394 g/mol. The number of carbonyl (C=O) groups is 1. The number of halogens is 4. The fourth-order valence-electron chi connectivity index (χ4n) is 2.54. The summed E-state index contributed by atoms with van der Waals surface area (Å²) in [5, 5.41) is 9.27. The lowest BCUT2D eigenvalue weighted by molar-refractivity contribution is -0.0505. The smallest absolute Gasteiger partial charge is 0.387 e. The molecular formula is C19H15F4N3O3. The molecule has 10 heteroatoms. The molecule has 1 amide bonds.